The molecule has 0 aromatic carbocycles. The first-order valence-electron chi connectivity index (χ1n) is 5.63. The van der Waals surface area contributed by atoms with Crippen LogP contribution in [0.2, 0.25) is 0 Å². The molecule has 0 atom stereocenters. The van der Waals surface area contributed by atoms with Crippen LogP contribution in [-0.2, 0) is 9.47 Å². The molecular weight excluding hydrogens is 236 g/mol. The van der Waals surface area contributed by atoms with Gasteiger partial charge in [-0.25, -0.2) is 14.8 Å². The molecule has 0 fully saturated rings. The lowest BCUT2D eigenvalue weighted by Crippen LogP contribution is -2.25. The van der Waals surface area contributed by atoms with Crippen molar-refractivity contribution in [3.63, 3.8) is 0 Å². The van der Waals surface area contributed by atoms with E-state index in [9.17, 15) is 4.79 Å². The first kappa shape index (κ1) is 14.3. The number of rotatable bonds is 8. The number of hydrogen-bond donors (Lipinski definition) is 2. The molecule has 1 aromatic rings. The molecule has 0 bridgehead atoms. The van der Waals surface area contributed by atoms with Crippen molar-refractivity contribution in [2.75, 3.05) is 45.8 Å². The molecule has 0 saturated carbocycles. The molecule has 100 valence electrons. The van der Waals surface area contributed by atoms with Gasteiger partial charge in [-0.2, -0.15) is 0 Å². The second-order valence-corrected chi connectivity index (χ2v) is 3.43. The second-order valence-electron chi connectivity index (χ2n) is 3.43. The molecule has 18 heavy (non-hydrogen) atoms. The van der Waals surface area contributed by atoms with Gasteiger partial charge in [-0.15, -0.1) is 0 Å². The maximum absolute atomic E-state index is 11.2. The average Bonchev–Trinajstić information content (AvgIpc) is 2.42. The molecule has 7 nitrogen and oxygen atoms in total. The summed E-state index contributed by atoms with van der Waals surface area (Å²) in [7, 11) is 2.96. The number of anilines is 1. The highest BCUT2D eigenvalue weighted by molar-refractivity contribution is 5.85. The van der Waals surface area contributed by atoms with E-state index in [1.165, 1.54) is 13.3 Å². The number of nitrogens with zero attached hydrogens (tertiary/aromatic N) is 2. The first-order valence-corrected chi connectivity index (χ1v) is 5.63. The minimum Gasteiger partial charge on any atom is -0.463 e. The summed E-state index contributed by atoms with van der Waals surface area (Å²) < 4.78 is 9.45. The molecule has 1 aromatic heterocycles. The Hall–Kier alpha value is -1.73. The number of esters is 1. The molecule has 0 unspecified atom stereocenters. The van der Waals surface area contributed by atoms with E-state index >= 15 is 0 Å². The zero-order chi connectivity index (χ0) is 13.2. The smallest absolute Gasteiger partial charge is 0.376 e. The predicted molar refractivity (Wildman–Crippen MR) is 66.6 cm³/mol. The fourth-order valence-corrected chi connectivity index (χ4v) is 1.22. The first-order chi connectivity index (χ1) is 8.77. The quantitative estimate of drug-likeness (QED) is 0.495. The summed E-state index contributed by atoms with van der Waals surface area (Å²) in [6.07, 6.45) is 1.51. The van der Waals surface area contributed by atoms with Crippen molar-refractivity contribution >= 4 is 11.8 Å². The van der Waals surface area contributed by atoms with Gasteiger partial charge in [0, 0.05) is 32.9 Å². The van der Waals surface area contributed by atoms with Crippen LogP contribution in [-0.4, -0.2) is 56.4 Å². The van der Waals surface area contributed by atoms with Gasteiger partial charge in [0.25, 0.3) is 0 Å². The highest BCUT2D eigenvalue weighted by Gasteiger charge is 2.08. The minimum absolute atomic E-state index is 0.0508. The normalized spacial score (nSPS) is 10.1. The SMILES string of the molecule is COCCNCCNc1ccnc(C(=O)OC)n1. The van der Waals surface area contributed by atoms with Gasteiger partial charge in [0.05, 0.1) is 13.7 Å². The van der Waals surface area contributed by atoms with Crippen molar-refractivity contribution in [2.45, 2.75) is 0 Å². The van der Waals surface area contributed by atoms with Crippen LogP contribution in [0.4, 0.5) is 5.82 Å². The third kappa shape index (κ3) is 5.07. The van der Waals surface area contributed by atoms with Crippen LogP contribution >= 0.6 is 0 Å². The summed E-state index contributed by atoms with van der Waals surface area (Å²) >= 11 is 0. The molecule has 1 heterocycles. The molecule has 0 amide bonds. The Labute approximate surface area is 106 Å². The largest absolute Gasteiger partial charge is 0.463 e. The Morgan fingerprint density at radius 2 is 2.17 bits per heavy atom. The van der Waals surface area contributed by atoms with Gasteiger partial charge in [-0.05, 0) is 6.07 Å². The highest BCUT2D eigenvalue weighted by atomic mass is 16.5. The number of carbonyl (C=O) groups is 1. The van der Waals surface area contributed by atoms with Crippen LogP contribution in [0.1, 0.15) is 10.6 Å². The minimum atomic E-state index is -0.545. The predicted octanol–water partition coefficient (Wildman–Crippen LogP) is -0.0889. The van der Waals surface area contributed by atoms with Crippen LogP contribution in [0.5, 0.6) is 0 Å². The molecule has 0 aliphatic carbocycles. The Morgan fingerprint density at radius 3 is 2.89 bits per heavy atom. The van der Waals surface area contributed by atoms with Crippen molar-refractivity contribution in [1.29, 1.82) is 0 Å². The van der Waals surface area contributed by atoms with Gasteiger partial charge in [0.2, 0.25) is 5.82 Å². The van der Waals surface area contributed by atoms with Crippen LogP contribution in [0, 0.1) is 0 Å². The average molecular weight is 254 g/mol. The number of aromatic nitrogens is 2. The number of carbonyl (C=O) groups excluding carboxylic acids is 1. The van der Waals surface area contributed by atoms with Gasteiger partial charge < -0.3 is 20.1 Å². The third-order valence-electron chi connectivity index (χ3n) is 2.11. The standard InChI is InChI=1S/C11H18N4O3/c1-17-8-7-12-5-6-13-9-3-4-14-10(15-9)11(16)18-2/h3-4,12H,5-8H2,1-2H3,(H,13,14,15). The summed E-state index contributed by atoms with van der Waals surface area (Å²) in [5.41, 5.74) is 0. The van der Waals surface area contributed by atoms with E-state index in [2.05, 4.69) is 25.3 Å². The number of nitrogens with one attached hydrogen (secondary N) is 2. The van der Waals surface area contributed by atoms with Crippen LogP contribution < -0.4 is 10.6 Å². The summed E-state index contributed by atoms with van der Waals surface area (Å²) in [6, 6.07) is 1.70. The maximum atomic E-state index is 11.2. The van der Waals surface area contributed by atoms with Gasteiger partial charge in [0.15, 0.2) is 0 Å². The zero-order valence-electron chi connectivity index (χ0n) is 10.6. The van der Waals surface area contributed by atoms with E-state index in [0.29, 0.717) is 19.0 Å². The number of ether oxygens (including phenoxy) is 2. The summed E-state index contributed by atoms with van der Waals surface area (Å²) in [5.74, 6) is 0.102. The Balaban J connectivity index is 2.32. The molecule has 0 aliphatic rings. The van der Waals surface area contributed by atoms with Gasteiger partial charge in [-0.1, -0.05) is 0 Å². The molecule has 7 heteroatoms. The Morgan fingerprint density at radius 1 is 1.33 bits per heavy atom. The van der Waals surface area contributed by atoms with Crippen molar-refractivity contribution < 1.29 is 14.3 Å². The molecule has 2 N–H and O–H groups in total. The molecule has 1 rings (SSSR count). The lowest BCUT2D eigenvalue weighted by Gasteiger charge is -2.07. The van der Waals surface area contributed by atoms with Crippen LogP contribution in [0.3, 0.4) is 0 Å². The fraction of sp³-hybridized carbons (Fsp3) is 0.545. The van der Waals surface area contributed by atoms with Gasteiger partial charge >= 0.3 is 5.97 Å². The van der Waals surface area contributed by atoms with Crippen molar-refractivity contribution in [2.24, 2.45) is 0 Å². The van der Waals surface area contributed by atoms with E-state index < -0.39 is 5.97 Å². The van der Waals surface area contributed by atoms with Gasteiger partial charge in [-0.3, -0.25) is 0 Å². The Bertz CT molecular complexity index is 373. The van der Waals surface area contributed by atoms with Gasteiger partial charge in [0.1, 0.15) is 5.82 Å². The summed E-state index contributed by atoms with van der Waals surface area (Å²) in [6.45, 7) is 2.96. The zero-order valence-corrected chi connectivity index (χ0v) is 10.6. The number of methoxy groups -OCH3 is 2. The lowest BCUT2D eigenvalue weighted by atomic mass is 10.5. The molecule has 0 spiro atoms. The highest BCUT2D eigenvalue weighted by Crippen LogP contribution is 2.01. The molecule has 0 saturated heterocycles. The van der Waals surface area contributed by atoms with E-state index in [0.717, 1.165) is 13.1 Å². The molecule has 0 radical (unpaired) electrons. The van der Waals surface area contributed by atoms with E-state index in [1.807, 2.05) is 0 Å². The maximum Gasteiger partial charge on any atom is 0.376 e. The molecule has 0 aliphatic heterocycles. The van der Waals surface area contributed by atoms with Crippen molar-refractivity contribution in [3.05, 3.63) is 18.1 Å². The van der Waals surface area contributed by atoms with E-state index in [4.69, 9.17) is 4.74 Å². The molecular formula is C11H18N4O3. The van der Waals surface area contributed by atoms with Crippen molar-refractivity contribution in [3.8, 4) is 0 Å². The Kier molecular flexibility index (Phi) is 6.67. The van der Waals surface area contributed by atoms with Crippen LogP contribution in [0.25, 0.3) is 0 Å². The number of hydrogen-bond acceptors (Lipinski definition) is 7. The topological polar surface area (TPSA) is 85.4 Å². The fourth-order valence-electron chi connectivity index (χ4n) is 1.22. The summed E-state index contributed by atoms with van der Waals surface area (Å²) in [4.78, 5) is 19.1. The second kappa shape index (κ2) is 8.37. The lowest BCUT2D eigenvalue weighted by molar-refractivity contribution is 0.0587. The van der Waals surface area contributed by atoms with Crippen molar-refractivity contribution in [1.82, 2.24) is 15.3 Å². The third-order valence-corrected chi connectivity index (χ3v) is 2.11. The summed E-state index contributed by atoms with van der Waals surface area (Å²) in [5, 5.41) is 6.26. The van der Waals surface area contributed by atoms with E-state index in [1.54, 1.807) is 13.2 Å². The van der Waals surface area contributed by atoms with Crippen LogP contribution in [0.15, 0.2) is 12.3 Å². The van der Waals surface area contributed by atoms with E-state index in [-0.39, 0.29) is 5.82 Å². The monoisotopic (exact) mass is 254 g/mol.